The maximum absolute atomic E-state index is 12.4. The van der Waals surface area contributed by atoms with E-state index in [2.05, 4.69) is 13.8 Å². The number of benzene rings is 2. The molecule has 0 spiro atoms. The van der Waals surface area contributed by atoms with Crippen LogP contribution in [0.15, 0.2) is 36.4 Å². The van der Waals surface area contributed by atoms with Crippen LogP contribution >= 0.6 is 0 Å². The summed E-state index contributed by atoms with van der Waals surface area (Å²) in [6, 6.07) is 8.03. The minimum Gasteiger partial charge on any atom is -0.508 e. The van der Waals surface area contributed by atoms with Gasteiger partial charge in [-0.15, -0.1) is 0 Å². The Bertz CT molecular complexity index is 789. The fraction of sp³-hybridized carbons (Fsp3) is 0.318. The lowest BCUT2D eigenvalue weighted by atomic mass is 9.96. The number of rotatable bonds is 8. The summed E-state index contributed by atoms with van der Waals surface area (Å²) in [6.07, 6.45) is 6.49. The number of carbonyl (C=O) groups is 1. The lowest BCUT2D eigenvalue weighted by Gasteiger charge is -2.16. The smallest absolute Gasteiger partial charge is 0.185 e. The van der Waals surface area contributed by atoms with Crippen molar-refractivity contribution in [3.63, 3.8) is 0 Å². The van der Waals surface area contributed by atoms with E-state index in [1.165, 1.54) is 18.2 Å². The summed E-state index contributed by atoms with van der Waals surface area (Å²) in [6.45, 7) is 4.11. The second-order valence-electron chi connectivity index (χ2n) is 6.23. The van der Waals surface area contributed by atoms with Crippen LogP contribution in [-0.2, 0) is 12.8 Å². The molecule has 0 amide bonds. The number of hydrogen-bond acceptors (Lipinski definition) is 4. The molecule has 0 bridgehead atoms. The molecule has 0 aliphatic heterocycles. The number of carbonyl (C=O) groups excluding carboxylic acids is 1. The van der Waals surface area contributed by atoms with E-state index in [9.17, 15) is 15.0 Å². The van der Waals surface area contributed by atoms with Crippen molar-refractivity contribution in [3.05, 3.63) is 58.7 Å². The zero-order valence-electron chi connectivity index (χ0n) is 15.6. The summed E-state index contributed by atoms with van der Waals surface area (Å²) in [5, 5.41) is 19.9. The molecule has 2 aromatic rings. The zero-order valence-corrected chi connectivity index (χ0v) is 15.6. The molecule has 0 fully saturated rings. The Kier molecular flexibility index (Phi) is 6.84. The molecule has 4 nitrogen and oxygen atoms in total. The van der Waals surface area contributed by atoms with E-state index < -0.39 is 0 Å². The fourth-order valence-corrected chi connectivity index (χ4v) is 2.99. The molecule has 2 aromatic carbocycles. The number of hydrogen-bond donors (Lipinski definition) is 2. The molecule has 2 N–H and O–H groups in total. The van der Waals surface area contributed by atoms with Crippen LogP contribution in [0.1, 0.15) is 53.7 Å². The number of phenols is 2. The summed E-state index contributed by atoms with van der Waals surface area (Å²) in [5.41, 5.74) is 2.94. The van der Waals surface area contributed by atoms with Gasteiger partial charge in [0, 0.05) is 16.7 Å². The van der Waals surface area contributed by atoms with Crippen molar-refractivity contribution < 1.29 is 19.7 Å². The van der Waals surface area contributed by atoms with Crippen molar-refractivity contribution in [1.82, 2.24) is 0 Å². The third-order valence-corrected chi connectivity index (χ3v) is 4.25. The first-order valence-corrected chi connectivity index (χ1v) is 8.94. The maximum atomic E-state index is 12.4. The Morgan fingerprint density at radius 3 is 2.31 bits per heavy atom. The minimum absolute atomic E-state index is 0.124. The van der Waals surface area contributed by atoms with Crippen molar-refractivity contribution in [3.8, 4) is 17.2 Å². The van der Waals surface area contributed by atoms with Crippen LogP contribution < -0.4 is 4.74 Å². The van der Waals surface area contributed by atoms with E-state index in [1.54, 1.807) is 25.3 Å². The van der Waals surface area contributed by atoms with Crippen LogP contribution in [0.5, 0.6) is 17.2 Å². The van der Waals surface area contributed by atoms with E-state index in [1.807, 2.05) is 6.07 Å². The van der Waals surface area contributed by atoms with Crippen LogP contribution in [0.3, 0.4) is 0 Å². The molecule has 0 aliphatic carbocycles. The van der Waals surface area contributed by atoms with Crippen molar-refractivity contribution in [2.45, 2.75) is 39.5 Å². The van der Waals surface area contributed by atoms with Crippen LogP contribution in [-0.4, -0.2) is 23.1 Å². The van der Waals surface area contributed by atoms with Crippen LogP contribution in [0.4, 0.5) is 0 Å². The van der Waals surface area contributed by atoms with Gasteiger partial charge in [-0.25, -0.2) is 0 Å². The van der Waals surface area contributed by atoms with Crippen LogP contribution in [0.25, 0.3) is 6.08 Å². The highest BCUT2D eigenvalue weighted by atomic mass is 16.5. The summed E-state index contributed by atoms with van der Waals surface area (Å²) in [4.78, 5) is 12.4. The summed E-state index contributed by atoms with van der Waals surface area (Å²) in [5.74, 6) is 0.875. The monoisotopic (exact) mass is 354 g/mol. The molecule has 138 valence electrons. The molecule has 0 saturated carbocycles. The molecular weight excluding hydrogens is 328 g/mol. The van der Waals surface area contributed by atoms with Gasteiger partial charge < -0.3 is 14.9 Å². The number of phenolic OH excluding ortho intramolecular Hbond substituents is 2. The predicted molar refractivity (Wildman–Crippen MR) is 104 cm³/mol. The largest absolute Gasteiger partial charge is 0.508 e. The molecule has 0 unspecified atom stereocenters. The number of allylic oxidation sites excluding steroid dienone is 1. The Hall–Kier alpha value is -2.75. The molecule has 0 radical (unpaired) electrons. The van der Waals surface area contributed by atoms with Gasteiger partial charge in [0.25, 0.3) is 0 Å². The predicted octanol–water partition coefficient (Wildman–Crippen LogP) is 4.91. The lowest BCUT2D eigenvalue weighted by Crippen LogP contribution is -2.00. The average Bonchev–Trinajstić information content (AvgIpc) is 2.64. The average molecular weight is 354 g/mol. The minimum atomic E-state index is -0.158. The number of aryl methyl sites for hydroxylation is 1. The molecule has 4 heteroatoms. The molecule has 0 heterocycles. The molecular formula is C22H26O4. The van der Waals surface area contributed by atoms with E-state index >= 15 is 0 Å². The third-order valence-electron chi connectivity index (χ3n) is 4.25. The van der Waals surface area contributed by atoms with Gasteiger partial charge in [0.1, 0.15) is 17.2 Å². The van der Waals surface area contributed by atoms with E-state index in [4.69, 9.17) is 4.74 Å². The molecule has 0 atom stereocenters. The van der Waals surface area contributed by atoms with Crippen molar-refractivity contribution >= 4 is 11.9 Å². The SMILES string of the molecule is CCCc1cc(C=CC(=O)c2ccc(O)cc2)c(OC)c(CCC)c1O. The molecule has 26 heavy (non-hydrogen) atoms. The Balaban J connectivity index is 2.43. The van der Waals surface area contributed by atoms with Gasteiger partial charge in [0.05, 0.1) is 7.11 Å². The van der Waals surface area contributed by atoms with Gasteiger partial charge in [-0.2, -0.15) is 0 Å². The first-order chi connectivity index (χ1) is 12.5. The molecule has 2 rings (SSSR count). The number of ether oxygens (including phenoxy) is 1. The zero-order chi connectivity index (χ0) is 19.1. The van der Waals surface area contributed by atoms with Crippen LogP contribution in [0, 0.1) is 0 Å². The summed E-state index contributed by atoms with van der Waals surface area (Å²) >= 11 is 0. The Morgan fingerprint density at radius 1 is 1.08 bits per heavy atom. The van der Waals surface area contributed by atoms with Gasteiger partial charge in [-0.1, -0.05) is 26.7 Å². The number of ketones is 1. The quantitative estimate of drug-likeness (QED) is 0.522. The lowest BCUT2D eigenvalue weighted by molar-refractivity contribution is 0.104. The van der Waals surface area contributed by atoms with E-state index in [-0.39, 0.29) is 11.5 Å². The van der Waals surface area contributed by atoms with Gasteiger partial charge >= 0.3 is 0 Å². The van der Waals surface area contributed by atoms with Crippen molar-refractivity contribution in [2.24, 2.45) is 0 Å². The highest BCUT2D eigenvalue weighted by Gasteiger charge is 2.16. The standard InChI is InChI=1S/C22H26O4/c1-4-6-16-14-17(22(26-3)19(7-5-2)21(16)25)10-13-20(24)15-8-11-18(23)12-9-15/h8-14,23,25H,4-7H2,1-3H3. The maximum Gasteiger partial charge on any atom is 0.185 e. The number of aromatic hydroxyl groups is 2. The molecule has 0 saturated heterocycles. The fourth-order valence-electron chi connectivity index (χ4n) is 2.99. The first-order valence-electron chi connectivity index (χ1n) is 8.94. The van der Waals surface area contributed by atoms with Crippen molar-refractivity contribution in [1.29, 1.82) is 0 Å². The summed E-state index contributed by atoms with van der Waals surface area (Å²) in [7, 11) is 1.58. The van der Waals surface area contributed by atoms with Crippen molar-refractivity contribution in [2.75, 3.05) is 7.11 Å². The highest BCUT2D eigenvalue weighted by Crippen LogP contribution is 2.37. The van der Waals surface area contributed by atoms with Crippen LogP contribution in [0.2, 0.25) is 0 Å². The highest BCUT2D eigenvalue weighted by molar-refractivity contribution is 6.07. The van der Waals surface area contributed by atoms with E-state index in [0.29, 0.717) is 23.5 Å². The second-order valence-corrected chi connectivity index (χ2v) is 6.23. The molecule has 0 aromatic heterocycles. The van der Waals surface area contributed by atoms with Gasteiger partial charge in [-0.3, -0.25) is 4.79 Å². The van der Waals surface area contributed by atoms with Gasteiger partial charge in [-0.05, 0) is 60.9 Å². The van der Waals surface area contributed by atoms with Gasteiger partial charge in [0.15, 0.2) is 5.78 Å². The normalized spacial score (nSPS) is 11.0. The second kappa shape index (κ2) is 9.09. The molecule has 0 aliphatic rings. The van der Waals surface area contributed by atoms with E-state index in [0.717, 1.165) is 36.0 Å². The topological polar surface area (TPSA) is 66.8 Å². The first kappa shape index (κ1) is 19.6. The Morgan fingerprint density at radius 2 is 1.73 bits per heavy atom. The number of methoxy groups -OCH3 is 1. The third kappa shape index (κ3) is 4.45. The Labute approximate surface area is 154 Å². The summed E-state index contributed by atoms with van der Waals surface area (Å²) < 4.78 is 5.54. The van der Waals surface area contributed by atoms with Gasteiger partial charge in [0.2, 0.25) is 0 Å².